The van der Waals surface area contributed by atoms with E-state index in [2.05, 4.69) is 0 Å². The Bertz CT molecular complexity index is 495. The normalized spacial score (nSPS) is 19.9. The Hall–Kier alpha value is -1.62. The van der Waals surface area contributed by atoms with Crippen molar-refractivity contribution >= 4 is 5.91 Å². The van der Waals surface area contributed by atoms with Crippen LogP contribution in [0.4, 0.5) is 0 Å². The Labute approximate surface area is 106 Å². The SMILES string of the molecule is COC1CCCN(C(=O)c2ccn(C)c(=O)c2)C1. The van der Waals surface area contributed by atoms with E-state index in [1.807, 2.05) is 0 Å². The highest BCUT2D eigenvalue weighted by atomic mass is 16.5. The summed E-state index contributed by atoms with van der Waals surface area (Å²) in [5, 5.41) is 0. The van der Waals surface area contributed by atoms with E-state index in [9.17, 15) is 9.59 Å². The van der Waals surface area contributed by atoms with Crippen molar-refractivity contribution in [3.05, 3.63) is 34.2 Å². The summed E-state index contributed by atoms with van der Waals surface area (Å²) in [7, 11) is 3.33. The van der Waals surface area contributed by atoms with Gasteiger partial charge in [-0.2, -0.15) is 0 Å². The largest absolute Gasteiger partial charge is 0.380 e. The molecule has 1 atom stereocenters. The van der Waals surface area contributed by atoms with Gasteiger partial charge in [-0.1, -0.05) is 0 Å². The van der Waals surface area contributed by atoms with E-state index in [0.717, 1.165) is 19.4 Å². The maximum Gasteiger partial charge on any atom is 0.254 e. The van der Waals surface area contributed by atoms with Crippen LogP contribution in [0, 0.1) is 0 Å². The molecule has 1 saturated heterocycles. The minimum absolute atomic E-state index is 0.0885. The first-order valence-electron chi connectivity index (χ1n) is 6.10. The molecular weight excluding hydrogens is 232 g/mol. The summed E-state index contributed by atoms with van der Waals surface area (Å²) in [5.74, 6) is -0.0885. The highest BCUT2D eigenvalue weighted by Gasteiger charge is 2.24. The van der Waals surface area contributed by atoms with Crippen molar-refractivity contribution in [3.8, 4) is 0 Å². The molecule has 1 aliphatic heterocycles. The Morgan fingerprint density at radius 1 is 1.50 bits per heavy atom. The van der Waals surface area contributed by atoms with E-state index in [-0.39, 0.29) is 17.6 Å². The molecule has 0 spiro atoms. The molecule has 98 valence electrons. The molecule has 2 heterocycles. The first kappa shape index (κ1) is 12.8. The highest BCUT2D eigenvalue weighted by Crippen LogP contribution is 2.14. The first-order valence-corrected chi connectivity index (χ1v) is 6.10. The minimum Gasteiger partial charge on any atom is -0.380 e. The maximum atomic E-state index is 12.2. The van der Waals surface area contributed by atoms with Crippen molar-refractivity contribution in [2.45, 2.75) is 18.9 Å². The molecule has 1 unspecified atom stereocenters. The molecule has 1 fully saturated rings. The van der Waals surface area contributed by atoms with Gasteiger partial charge in [-0.05, 0) is 18.9 Å². The average Bonchev–Trinajstić information content (AvgIpc) is 2.41. The predicted molar refractivity (Wildman–Crippen MR) is 67.6 cm³/mol. The molecule has 1 aromatic rings. The van der Waals surface area contributed by atoms with Crippen LogP contribution < -0.4 is 5.56 Å². The molecule has 1 amide bonds. The summed E-state index contributed by atoms with van der Waals surface area (Å²) in [6, 6.07) is 3.07. The number of carbonyl (C=O) groups is 1. The van der Waals surface area contributed by atoms with Crippen LogP contribution in [0.5, 0.6) is 0 Å². The number of carbonyl (C=O) groups excluding carboxylic acids is 1. The summed E-state index contributed by atoms with van der Waals surface area (Å²) in [6.07, 6.45) is 3.65. The molecule has 5 nitrogen and oxygen atoms in total. The molecule has 0 radical (unpaired) electrons. The molecule has 0 saturated carbocycles. The lowest BCUT2D eigenvalue weighted by atomic mass is 10.1. The third-order valence-electron chi connectivity index (χ3n) is 3.35. The number of amides is 1. The predicted octanol–water partition coefficient (Wildman–Crippen LogP) is 0.636. The van der Waals surface area contributed by atoms with E-state index in [0.29, 0.717) is 12.1 Å². The summed E-state index contributed by atoms with van der Waals surface area (Å²) in [4.78, 5) is 25.5. The van der Waals surface area contributed by atoms with Crippen LogP contribution in [-0.4, -0.2) is 41.7 Å². The first-order chi connectivity index (χ1) is 8.61. The van der Waals surface area contributed by atoms with Crippen LogP contribution in [-0.2, 0) is 11.8 Å². The van der Waals surface area contributed by atoms with Gasteiger partial charge < -0.3 is 14.2 Å². The van der Waals surface area contributed by atoms with Crippen LogP contribution >= 0.6 is 0 Å². The maximum absolute atomic E-state index is 12.2. The monoisotopic (exact) mass is 250 g/mol. The number of rotatable bonds is 2. The van der Waals surface area contributed by atoms with Crippen LogP contribution in [0.3, 0.4) is 0 Å². The summed E-state index contributed by atoms with van der Waals surface area (Å²) in [6.45, 7) is 1.33. The number of ether oxygens (including phenoxy) is 1. The molecule has 2 rings (SSSR count). The lowest BCUT2D eigenvalue weighted by molar-refractivity contribution is 0.0269. The number of hydrogen-bond acceptors (Lipinski definition) is 3. The fourth-order valence-corrected chi connectivity index (χ4v) is 2.18. The van der Waals surface area contributed by atoms with Gasteiger partial charge in [0.2, 0.25) is 0 Å². The number of aromatic nitrogens is 1. The van der Waals surface area contributed by atoms with Crippen molar-refractivity contribution in [1.82, 2.24) is 9.47 Å². The Morgan fingerprint density at radius 3 is 2.94 bits per heavy atom. The van der Waals surface area contributed by atoms with Crippen LogP contribution in [0.25, 0.3) is 0 Å². The van der Waals surface area contributed by atoms with Gasteiger partial charge in [0, 0.05) is 45.1 Å². The van der Waals surface area contributed by atoms with E-state index in [1.165, 1.54) is 10.6 Å². The standard InChI is InChI=1S/C13H18N2O3/c1-14-7-5-10(8-12(14)16)13(17)15-6-3-4-11(9-15)18-2/h5,7-8,11H,3-4,6,9H2,1-2H3. The zero-order valence-electron chi connectivity index (χ0n) is 10.8. The number of aryl methyl sites for hydroxylation is 1. The third kappa shape index (κ3) is 2.61. The summed E-state index contributed by atoms with van der Waals surface area (Å²) < 4.78 is 6.74. The quantitative estimate of drug-likeness (QED) is 0.774. The number of nitrogens with zero attached hydrogens (tertiary/aromatic N) is 2. The van der Waals surface area contributed by atoms with E-state index >= 15 is 0 Å². The highest BCUT2D eigenvalue weighted by molar-refractivity contribution is 5.94. The van der Waals surface area contributed by atoms with Gasteiger partial charge in [0.25, 0.3) is 11.5 Å². The number of pyridine rings is 1. The number of likely N-dealkylation sites (tertiary alicyclic amines) is 1. The zero-order chi connectivity index (χ0) is 13.1. The van der Waals surface area contributed by atoms with Gasteiger partial charge in [-0.3, -0.25) is 9.59 Å². The Balaban J connectivity index is 2.15. The third-order valence-corrected chi connectivity index (χ3v) is 3.35. The second kappa shape index (κ2) is 5.35. The smallest absolute Gasteiger partial charge is 0.254 e. The fourth-order valence-electron chi connectivity index (χ4n) is 2.18. The van der Waals surface area contributed by atoms with Gasteiger partial charge in [0.15, 0.2) is 0 Å². The van der Waals surface area contributed by atoms with Gasteiger partial charge >= 0.3 is 0 Å². The lowest BCUT2D eigenvalue weighted by Gasteiger charge is -2.31. The molecule has 18 heavy (non-hydrogen) atoms. The van der Waals surface area contributed by atoms with Crippen LogP contribution in [0.2, 0.25) is 0 Å². The van der Waals surface area contributed by atoms with Crippen LogP contribution in [0.1, 0.15) is 23.2 Å². The molecule has 0 aliphatic carbocycles. The number of piperidine rings is 1. The Kier molecular flexibility index (Phi) is 3.81. The second-order valence-corrected chi connectivity index (χ2v) is 4.62. The van der Waals surface area contributed by atoms with Crippen molar-refractivity contribution in [3.63, 3.8) is 0 Å². The number of hydrogen-bond donors (Lipinski definition) is 0. The van der Waals surface area contributed by atoms with Gasteiger partial charge in [-0.25, -0.2) is 0 Å². The van der Waals surface area contributed by atoms with Gasteiger partial charge in [-0.15, -0.1) is 0 Å². The van der Waals surface area contributed by atoms with E-state index in [1.54, 1.807) is 31.3 Å². The molecular formula is C13H18N2O3. The van der Waals surface area contributed by atoms with E-state index < -0.39 is 0 Å². The lowest BCUT2D eigenvalue weighted by Crippen LogP contribution is -2.43. The zero-order valence-corrected chi connectivity index (χ0v) is 10.8. The average molecular weight is 250 g/mol. The Morgan fingerprint density at radius 2 is 2.28 bits per heavy atom. The number of methoxy groups -OCH3 is 1. The molecule has 0 bridgehead atoms. The van der Waals surface area contributed by atoms with Gasteiger partial charge in [0.1, 0.15) is 0 Å². The van der Waals surface area contributed by atoms with Crippen molar-refractivity contribution in [1.29, 1.82) is 0 Å². The van der Waals surface area contributed by atoms with Crippen LogP contribution in [0.15, 0.2) is 23.1 Å². The van der Waals surface area contributed by atoms with Crippen molar-refractivity contribution < 1.29 is 9.53 Å². The van der Waals surface area contributed by atoms with E-state index in [4.69, 9.17) is 4.74 Å². The molecule has 1 aliphatic rings. The second-order valence-electron chi connectivity index (χ2n) is 4.62. The summed E-state index contributed by atoms with van der Waals surface area (Å²) >= 11 is 0. The molecule has 0 N–H and O–H groups in total. The molecule has 0 aromatic carbocycles. The minimum atomic E-state index is -0.166. The van der Waals surface area contributed by atoms with Gasteiger partial charge in [0.05, 0.1) is 6.10 Å². The molecule has 1 aromatic heterocycles. The fraction of sp³-hybridized carbons (Fsp3) is 0.538. The summed E-state index contributed by atoms with van der Waals surface area (Å²) in [5.41, 5.74) is 0.288. The molecule has 5 heteroatoms. The van der Waals surface area contributed by atoms with Crippen molar-refractivity contribution in [2.75, 3.05) is 20.2 Å². The van der Waals surface area contributed by atoms with Crippen molar-refractivity contribution in [2.24, 2.45) is 7.05 Å². The topological polar surface area (TPSA) is 51.5 Å².